The van der Waals surface area contributed by atoms with Gasteiger partial charge in [0.25, 0.3) is 0 Å². The van der Waals surface area contributed by atoms with Gasteiger partial charge in [-0.2, -0.15) is 0 Å². The Kier molecular flexibility index (Phi) is 24.7. The van der Waals surface area contributed by atoms with Crippen molar-refractivity contribution < 1.29 is 42.8 Å². The Labute approximate surface area is 371 Å². The molecule has 62 heavy (non-hydrogen) atoms. The quantitative estimate of drug-likeness (QED) is 0.0338. The Morgan fingerprint density at radius 2 is 1.35 bits per heavy atom. The minimum atomic E-state index is -4.71. The molecule has 0 unspecified atom stereocenters. The maximum atomic E-state index is 14.1. The first-order chi connectivity index (χ1) is 29.7. The van der Waals surface area contributed by atoms with E-state index in [1.165, 1.54) is 108 Å². The normalized spacial score (nSPS) is 18.8. The smallest absolute Gasteiger partial charge is 0.404 e. The number of carbonyl (C=O) groups excluding carboxylic acids is 5. The van der Waals surface area contributed by atoms with Crippen LogP contribution < -0.4 is 26.2 Å². The van der Waals surface area contributed by atoms with Gasteiger partial charge in [0, 0.05) is 19.0 Å². The van der Waals surface area contributed by atoms with Crippen molar-refractivity contribution in [2.24, 2.45) is 5.73 Å². The van der Waals surface area contributed by atoms with Crippen molar-refractivity contribution in [3.05, 3.63) is 29.8 Å². The average Bonchev–Trinajstić information content (AvgIpc) is 3.58. The molecule has 1 aromatic carbocycles. The Balaban J connectivity index is 1.42. The summed E-state index contributed by atoms with van der Waals surface area (Å²) in [7, 11) is -1.23. The second-order valence-electron chi connectivity index (χ2n) is 17.8. The fourth-order valence-electron chi connectivity index (χ4n) is 8.76. The molecule has 5 atom stereocenters. The van der Waals surface area contributed by atoms with Crippen molar-refractivity contribution in [3.8, 4) is 5.75 Å². The number of carbonyl (C=O) groups is 5. The minimum absolute atomic E-state index is 0.00791. The lowest BCUT2D eigenvalue weighted by Gasteiger charge is -2.32. The van der Waals surface area contributed by atoms with Crippen LogP contribution in [-0.4, -0.2) is 100.0 Å². The van der Waals surface area contributed by atoms with Crippen molar-refractivity contribution >= 4 is 37.4 Å². The van der Waals surface area contributed by atoms with E-state index in [0.717, 1.165) is 19.3 Å². The lowest BCUT2D eigenvalue weighted by molar-refractivity contribution is -0.143. The zero-order valence-electron chi connectivity index (χ0n) is 38.0. The molecule has 2 heterocycles. The molecule has 2 saturated heterocycles. The standard InChI is InChI=1S/C46H79N6O9P/c1-4-5-6-7-8-9-10-11-12-13-14-15-16-17-18-19-20-21-33-48-43(54)38(30-32-42(47)53)49-44(55)40-31-27-36-23-22-24-39(46(57)52(36)40)50-45(56)41(51(2)3)34-35-25-28-37(29-26-35)61-62(58,59)60/h25-26,28-29,36,38-41H,4-24,27,30-34H2,1-3H3,(H2,47,53)(H,48,54)(H,49,55)(H,50,56)(H2,58,59,60)/t36-,38-,39-,40-,41-/m0/s1. The van der Waals surface area contributed by atoms with E-state index in [-0.39, 0.29) is 48.8 Å². The second-order valence-corrected chi connectivity index (χ2v) is 18.9. The molecule has 15 nitrogen and oxygen atoms in total. The van der Waals surface area contributed by atoms with Crippen molar-refractivity contribution in [3.63, 3.8) is 0 Å². The van der Waals surface area contributed by atoms with Crippen LogP contribution in [0.25, 0.3) is 0 Å². The van der Waals surface area contributed by atoms with Gasteiger partial charge in [-0.15, -0.1) is 0 Å². The molecule has 0 spiro atoms. The lowest BCUT2D eigenvalue weighted by Crippen LogP contribution is -2.58. The van der Waals surface area contributed by atoms with Gasteiger partial charge in [0.2, 0.25) is 29.5 Å². The van der Waals surface area contributed by atoms with Crippen LogP contribution in [0.2, 0.25) is 0 Å². The van der Waals surface area contributed by atoms with E-state index in [9.17, 15) is 28.5 Å². The van der Waals surface area contributed by atoms with Crippen LogP contribution >= 0.6 is 7.82 Å². The molecule has 0 aliphatic carbocycles. The average molecular weight is 891 g/mol. The van der Waals surface area contributed by atoms with Gasteiger partial charge in [0.15, 0.2) is 0 Å². The summed E-state index contributed by atoms with van der Waals surface area (Å²) in [5.41, 5.74) is 6.14. The highest BCUT2D eigenvalue weighted by molar-refractivity contribution is 7.46. The fraction of sp³-hybridized carbons (Fsp3) is 0.761. The van der Waals surface area contributed by atoms with Crippen LogP contribution in [-0.2, 0) is 35.0 Å². The molecule has 5 amide bonds. The van der Waals surface area contributed by atoms with Crippen molar-refractivity contribution in [1.29, 1.82) is 0 Å². The summed E-state index contributed by atoms with van der Waals surface area (Å²) >= 11 is 0. The molecule has 352 valence electrons. The molecular weight excluding hydrogens is 812 g/mol. The van der Waals surface area contributed by atoms with Crippen LogP contribution in [0.1, 0.15) is 173 Å². The van der Waals surface area contributed by atoms with E-state index in [0.29, 0.717) is 44.2 Å². The number of nitrogens with zero attached hydrogens (tertiary/aromatic N) is 2. The van der Waals surface area contributed by atoms with E-state index < -0.39 is 43.8 Å². The van der Waals surface area contributed by atoms with E-state index >= 15 is 0 Å². The minimum Gasteiger partial charge on any atom is -0.404 e. The van der Waals surface area contributed by atoms with Gasteiger partial charge in [-0.1, -0.05) is 128 Å². The number of amides is 5. The fourth-order valence-corrected chi connectivity index (χ4v) is 9.16. The number of primary amides is 1. The highest BCUT2D eigenvalue weighted by Crippen LogP contribution is 2.37. The monoisotopic (exact) mass is 891 g/mol. The number of phosphoric acid groups is 1. The van der Waals surface area contributed by atoms with Crippen molar-refractivity contribution in [1.82, 2.24) is 25.8 Å². The number of nitrogens with one attached hydrogen (secondary N) is 3. The van der Waals surface area contributed by atoms with Gasteiger partial charge in [-0.05, 0) is 83.2 Å². The maximum Gasteiger partial charge on any atom is 0.524 e. The number of fused-ring (bicyclic) bond motifs is 1. The predicted molar refractivity (Wildman–Crippen MR) is 242 cm³/mol. The third-order valence-electron chi connectivity index (χ3n) is 12.3. The number of rotatable bonds is 32. The molecule has 0 radical (unpaired) electrons. The van der Waals surface area contributed by atoms with Gasteiger partial charge in [0.1, 0.15) is 23.9 Å². The Morgan fingerprint density at radius 1 is 0.806 bits per heavy atom. The number of nitrogens with two attached hydrogens (primary N) is 1. The molecule has 7 N–H and O–H groups in total. The summed E-state index contributed by atoms with van der Waals surface area (Å²) in [5.74, 6) is -2.16. The Hall–Kier alpha value is -3.52. The van der Waals surface area contributed by atoms with Crippen LogP contribution in [0.5, 0.6) is 5.75 Å². The van der Waals surface area contributed by atoms with E-state index in [2.05, 4.69) is 27.4 Å². The van der Waals surface area contributed by atoms with Gasteiger partial charge >= 0.3 is 7.82 Å². The first-order valence-corrected chi connectivity index (χ1v) is 25.2. The predicted octanol–water partition coefficient (Wildman–Crippen LogP) is 6.57. The SMILES string of the molecule is CCCCCCCCCCCCCCCCCCCCNC(=O)[C@H](CCC(N)=O)NC(=O)[C@@H]1CC[C@@H]2CCC[C@H](NC(=O)[C@H](Cc3ccc(OP(=O)(O)O)cc3)N(C)C)C(=O)N21. The number of unbranched alkanes of at least 4 members (excludes halogenated alkanes) is 17. The molecule has 0 bridgehead atoms. The molecule has 2 fully saturated rings. The Bertz CT molecular complexity index is 1560. The number of hydrogen-bond donors (Lipinski definition) is 6. The van der Waals surface area contributed by atoms with Crippen molar-refractivity contribution in [2.45, 2.75) is 204 Å². The zero-order valence-corrected chi connectivity index (χ0v) is 38.9. The highest BCUT2D eigenvalue weighted by Gasteiger charge is 2.45. The lowest BCUT2D eigenvalue weighted by atomic mass is 10.0. The van der Waals surface area contributed by atoms with Gasteiger partial charge in [0.05, 0.1) is 6.04 Å². The molecule has 16 heteroatoms. The van der Waals surface area contributed by atoms with Gasteiger partial charge in [-0.25, -0.2) is 4.57 Å². The summed E-state index contributed by atoms with van der Waals surface area (Å²) in [6.07, 6.45) is 25.9. The molecular formula is C46H79N6O9P. The zero-order chi connectivity index (χ0) is 45.3. The summed E-state index contributed by atoms with van der Waals surface area (Å²) in [5, 5.41) is 8.70. The molecule has 0 aromatic heterocycles. The third-order valence-corrected chi connectivity index (χ3v) is 12.8. The highest BCUT2D eigenvalue weighted by atomic mass is 31.2. The summed E-state index contributed by atoms with van der Waals surface area (Å²) < 4.78 is 15.8. The first kappa shape index (κ1) is 52.8. The molecule has 2 aliphatic rings. The summed E-state index contributed by atoms with van der Waals surface area (Å²) in [6.45, 7) is 2.72. The van der Waals surface area contributed by atoms with E-state index in [1.807, 2.05) is 0 Å². The summed E-state index contributed by atoms with van der Waals surface area (Å²) in [6, 6.07) is 2.53. The van der Waals surface area contributed by atoms with Gasteiger partial charge < -0.3 is 31.1 Å². The maximum absolute atomic E-state index is 14.1. The van der Waals surface area contributed by atoms with Crippen LogP contribution in [0, 0.1) is 0 Å². The molecule has 3 rings (SSSR count). The number of hydrogen-bond acceptors (Lipinski definition) is 8. The largest absolute Gasteiger partial charge is 0.524 e. The Morgan fingerprint density at radius 3 is 1.87 bits per heavy atom. The van der Waals surface area contributed by atoms with Gasteiger partial charge in [-0.3, -0.25) is 38.7 Å². The van der Waals surface area contributed by atoms with Crippen LogP contribution in [0.15, 0.2) is 24.3 Å². The second kappa shape index (κ2) is 29.0. The topological polar surface area (TPSA) is 221 Å². The van der Waals surface area contributed by atoms with Crippen molar-refractivity contribution in [2.75, 3.05) is 20.6 Å². The van der Waals surface area contributed by atoms with Crippen LogP contribution in [0.4, 0.5) is 0 Å². The number of likely N-dealkylation sites (N-methyl/N-ethyl adjacent to an activating group) is 1. The number of benzene rings is 1. The van der Waals surface area contributed by atoms with E-state index in [1.54, 1.807) is 36.0 Å². The third kappa shape index (κ3) is 20.3. The molecule has 1 aromatic rings. The summed E-state index contributed by atoms with van der Waals surface area (Å²) in [4.78, 5) is 88.2. The van der Waals surface area contributed by atoms with Crippen LogP contribution in [0.3, 0.4) is 0 Å². The first-order valence-electron chi connectivity index (χ1n) is 23.7. The molecule has 2 aliphatic heterocycles. The number of phosphoric ester groups is 1. The molecule has 0 saturated carbocycles. The van der Waals surface area contributed by atoms with E-state index in [4.69, 9.17) is 15.5 Å².